The van der Waals surface area contributed by atoms with E-state index in [0.29, 0.717) is 0 Å². The van der Waals surface area contributed by atoms with Crippen LogP contribution >= 0.6 is 0 Å². The first-order valence-electron chi connectivity index (χ1n) is 29.3. The number of fused-ring (bicyclic) bond motifs is 4. The molecular formula is C56H82O31. The summed E-state index contributed by atoms with van der Waals surface area (Å²) in [6.45, 7) is 11.9. The Balaban J connectivity index is 0.703. The van der Waals surface area contributed by atoms with Crippen molar-refractivity contribution in [3.05, 3.63) is 23.3 Å². The highest BCUT2D eigenvalue weighted by molar-refractivity contribution is 5.94. The maximum absolute atomic E-state index is 13.1. The van der Waals surface area contributed by atoms with Gasteiger partial charge in [0.05, 0.1) is 62.4 Å². The maximum atomic E-state index is 13.1. The standard InChI is InChI=1S/C56H82O31/c1-20-12-27(58)13-28(59)35(20)49(65)79-39-21(2)73-33(14-29(39)60)77-40-23(4)82-54(15-30(40)61)86-46-24(5)74-34(16-53(46,8)87-54)78-44-38(64)51(75-22(3)41(44)68-10)80-42-31(17-67-9)76-52(45(69-11)36(42)62)81-50-37(63)43-32(18-70-50)84-56(85-43)48-47(71-19-72-48)55(66,25(6)57)26(7)83-56/h12-13,21-24,26,29-34,36-48,50-52,58-64,66H,14-19H2,1-11H3/t21-,22-,23-,24-,26-,29-,30-,31-,32+,33+,34+,36+,37-,38-,39-,40-,41+,42-,43-,44-,45+,46-,47-,48-,50-,51+,52+,53-,54?,55+,56-/m1/s1. The molecule has 87 heavy (non-hydrogen) atoms. The van der Waals surface area contributed by atoms with Gasteiger partial charge in [0, 0.05) is 40.2 Å². The molecule has 1 aromatic carbocycles. The molecule has 1 aromatic rings. The molecule has 10 heterocycles. The van der Waals surface area contributed by atoms with Gasteiger partial charge in [0.1, 0.15) is 109 Å². The molecule has 0 amide bonds. The van der Waals surface area contributed by atoms with E-state index in [1.807, 2.05) is 0 Å². The van der Waals surface area contributed by atoms with Crippen LogP contribution in [0.3, 0.4) is 0 Å². The smallest absolute Gasteiger partial charge is 0.342 e. The molecule has 8 N–H and O–H groups in total. The van der Waals surface area contributed by atoms with Crippen LogP contribution in [-0.2, 0) is 104 Å². The number of carbonyl (C=O) groups is 2. The molecule has 0 aliphatic carbocycles. The number of aliphatic hydroxyl groups excluding tert-OH is 5. The predicted molar refractivity (Wildman–Crippen MR) is 279 cm³/mol. The Kier molecular flexibility index (Phi) is 18.9. The lowest BCUT2D eigenvalue weighted by Crippen LogP contribution is -2.72. The van der Waals surface area contributed by atoms with Crippen LogP contribution in [0.2, 0.25) is 0 Å². The number of phenols is 2. The lowest BCUT2D eigenvalue weighted by Gasteiger charge is -2.49. The summed E-state index contributed by atoms with van der Waals surface area (Å²) in [5.41, 5.74) is -3.17. The summed E-state index contributed by atoms with van der Waals surface area (Å²) in [4.78, 5) is 25.8. The second-order valence-electron chi connectivity index (χ2n) is 24.3. The third-order valence-electron chi connectivity index (χ3n) is 18.2. The normalized spacial score (nSPS) is 50.6. The number of ether oxygens (including phenoxy) is 21. The lowest BCUT2D eigenvalue weighted by molar-refractivity contribution is -0.428. The first-order valence-corrected chi connectivity index (χ1v) is 29.3. The average molecular weight is 1250 g/mol. The number of hydrogen-bond acceptors (Lipinski definition) is 31. The number of carbonyl (C=O) groups excluding carboxylic acids is 2. The van der Waals surface area contributed by atoms with Gasteiger partial charge in [0.2, 0.25) is 0 Å². The molecule has 0 bridgehead atoms. The Morgan fingerprint density at radius 1 is 0.644 bits per heavy atom. The molecule has 492 valence electrons. The third-order valence-corrected chi connectivity index (χ3v) is 18.2. The van der Waals surface area contributed by atoms with E-state index >= 15 is 0 Å². The van der Waals surface area contributed by atoms with Crippen LogP contribution < -0.4 is 0 Å². The van der Waals surface area contributed by atoms with Crippen LogP contribution in [0.4, 0.5) is 0 Å². The second-order valence-corrected chi connectivity index (χ2v) is 24.3. The fraction of sp³-hybridized carbons (Fsp3) is 0.857. The monoisotopic (exact) mass is 1250 g/mol. The van der Waals surface area contributed by atoms with E-state index in [1.165, 1.54) is 48.2 Å². The number of hydrogen-bond donors (Lipinski definition) is 8. The highest BCUT2D eigenvalue weighted by atomic mass is 16.9. The summed E-state index contributed by atoms with van der Waals surface area (Å²) in [5, 5.41) is 90.3. The van der Waals surface area contributed by atoms with E-state index in [9.17, 15) is 50.4 Å². The fourth-order valence-electron chi connectivity index (χ4n) is 14.0. The van der Waals surface area contributed by atoms with Gasteiger partial charge in [-0.1, -0.05) is 0 Å². The van der Waals surface area contributed by atoms with Crippen molar-refractivity contribution in [1.82, 2.24) is 0 Å². The highest BCUT2D eigenvalue weighted by Crippen LogP contribution is 2.52. The molecule has 2 spiro atoms. The average Bonchev–Trinajstić information content (AvgIpc) is 1.62. The van der Waals surface area contributed by atoms with Crippen molar-refractivity contribution in [2.75, 3.05) is 41.3 Å². The SMILES string of the molecule is COC[C@H]1O[C@@H](O[C@H]2OC[C@@H]3O[C@]4(O[C@H]3[C@H]2O)O[C@H](C)[C@@](O)(C(C)=O)[C@@H]2OCO[C@H]24)[C@@H](OC)[C@@H](O)[C@@H]1O[C@@H]1O[C@H](C)[C@H](OC)[C@H](O[C@H]2C[C@@]3(C)OC4(C[C@@H](O)[C@H](O[C@H]5C[C@@H](O)[C@H](OC(=O)c6c(C)cc(O)cc6O)[C@@H](C)O5)[C@@H](C)O4)O[C@@H]3[C@@H](C)O2)[C@H]1O. The van der Waals surface area contributed by atoms with Crippen LogP contribution in [0, 0.1) is 6.92 Å². The molecule has 10 aliphatic heterocycles. The van der Waals surface area contributed by atoms with Crippen molar-refractivity contribution in [2.24, 2.45) is 0 Å². The quantitative estimate of drug-likeness (QED) is 0.0902. The summed E-state index contributed by atoms with van der Waals surface area (Å²) in [6, 6.07) is 2.30. The topological polar surface area (TPSA) is 390 Å². The Bertz CT molecular complexity index is 2550. The van der Waals surface area contributed by atoms with Gasteiger partial charge in [-0.3, -0.25) is 4.79 Å². The largest absolute Gasteiger partial charge is 0.508 e. The number of esters is 1. The molecule has 31 heteroatoms. The Hall–Kier alpha value is -3.08. The van der Waals surface area contributed by atoms with E-state index in [2.05, 4.69) is 0 Å². The number of aryl methyl sites for hydroxylation is 1. The fourth-order valence-corrected chi connectivity index (χ4v) is 14.0. The zero-order valence-corrected chi connectivity index (χ0v) is 50.0. The third kappa shape index (κ3) is 11.9. The van der Waals surface area contributed by atoms with E-state index < -0.39 is 206 Å². The lowest BCUT2D eigenvalue weighted by atomic mass is 9.81. The zero-order valence-electron chi connectivity index (χ0n) is 50.0. The van der Waals surface area contributed by atoms with Crippen LogP contribution in [0.1, 0.15) is 83.7 Å². The summed E-state index contributed by atoms with van der Waals surface area (Å²) in [6.07, 6.45) is -32.1. The number of rotatable bonds is 15. The van der Waals surface area contributed by atoms with Gasteiger partial charge >= 0.3 is 11.9 Å². The summed E-state index contributed by atoms with van der Waals surface area (Å²) >= 11 is 0. The summed E-state index contributed by atoms with van der Waals surface area (Å²) < 4.78 is 128. The molecule has 10 fully saturated rings. The first kappa shape index (κ1) is 65.4. The number of benzene rings is 1. The highest BCUT2D eigenvalue weighted by Gasteiger charge is 2.72. The zero-order chi connectivity index (χ0) is 62.6. The van der Waals surface area contributed by atoms with Crippen molar-refractivity contribution in [1.29, 1.82) is 0 Å². The van der Waals surface area contributed by atoms with Crippen LogP contribution in [0.15, 0.2) is 12.1 Å². The maximum Gasteiger partial charge on any atom is 0.342 e. The molecule has 31 nitrogen and oxygen atoms in total. The van der Waals surface area contributed by atoms with Crippen molar-refractivity contribution in [3.8, 4) is 11.5 Å². The number of methoxy groups -OCH3 is 3. The van der Waals surface area contributed by atoms with Gasteiger partial charge in [-0.15, -0.1) is 0 Å². The van der Waals surface area contributed by atoms with E-state index in [0.717, 1.165) is 6.07 Å². The minimum Gasteiger partial charge on any atom is -0.508 e. The van der Waals surface area contributed by atoms with Crippen molar-refractivity contribution >= 4 is 11.8 Å². The van der Waals surface area contributed by atoms with Crippen molar-refractivity contribution in [3.63, 3.8) is 0 Å². The van der Waals surface area contributed by atoms with Crippen molar-refractivity contribution < 1.29 is 150 Å². The van der Waals surface area contributed by atoms with Gasteiger partial charge in [0.15, 0.2) is 55.0 Å². The first-order chi connectivity index (χ1) is 41.2. The Labute approximate surface area is 500 Å². The van der Waals surface area contributed by atoms with Gasteiger partial charge in [-0.2, -0.15) is 0 Å². The molecule has 0 saturated carbocycles. The van der Waals surface area contributed by atoms with Gasteiger partial charge < -0.3 is 140 Å². The summed E-state index contributed by atoms with van der Waals surface area (Å²) in [5.74, 6) is -6.07. The van der Waals surface area contributed by atoms with Gasteiger partial charge in [-0.25, -0.2) is 4.79 Å². The number of ketones is 1. The Morgan fingerprint density at radius 3 is 2.02 bits per heavy atom. The second kappa shape index (κ2) is 25.1. The van der Waals surface area contributed by atoms with Crippen molar-refractivity contribution in [2.45, 2.75) is 264 Å². The van der Waals surface area contributed by atoms with Crippen LogP contribution in [0.5, 0.6) is 11.5 Å². The molecule has 11 rings (SSSR count). The van der Waals surface area contributed by atoms with E-state index in [1.54, 1.807) is 34.6 Å². The minimum atomic E-state index is -2.09. The Morgan fingerprint density at radius 2 is 1.34 bits per heavy atom. The number of aliphatic hydroxyl groups is 6. The van der Waals surface area contributed by atoms with Gasteiger partial charge in [0.25, 0.3) is 5.97 Å². The molecule has 10 aliphatic rings. The van der Waals surface area contributed by atoms with E-state index in [4.69, 9.17) is 99.5 Å². The van der Waals surface area contributed by atoms with E-state index in [-0.39, 0.29) is 56.1 Å². The molecule has 0 aromatic heterocycles. The molecule has 31 atom stereocenters. The number of aromatic hydroxyl groups is 2. The van der Waals surface area contributed by atoms with Crippen LogP contribution in [-0.4, -0.2) is 283 Å². The summed E-state index contributed by atoms with van der Waals surface area (Å²) in [7, 11) is 4.11. The molecular weight excluding hydrogens is 1170 g/mol. The predicted octanol–water partition coefficient (Wildman–Crippen LogP) is -1.76. The number of Topliss-reactive ketones (excluding diaryl/α,β-unsaturated/α-hetero) is 1. The van der Waals surface area contributed by atoms with Crippen LogP contribution in [0.25, 0.3) is 0 Å². The minimum absolute atomic E-state index is 0.0208. The molecule has 1 unspecified atom stereocenters. The molecule has 0 radical (unpaired) electrons. The molecule has 10 saturated heterocycles. The number of phenolic OH excluding ortho intramolecular Hbond substituents is 2. The van der Waals surface area contributed by atoms with Gasteiger partial charge in [-0.05, 0) is 67.0 Å².